The molecule has 142 valence electrons. The van der Waals surface area contributed by atoms with Crippen molar-refractivity contribution in [2.45, 2.75) is 49.8 Å². The molecule has 2 rings (SSSR count). The van der Waals surface area contributed by atoms with Gasteiger partial charge in [0, 0.05) is 23.8 Å². The van der Waals surface area contributed by atoms with Crippen LogP contribution in [0.25, 0.3) is 0 Å². The molecule has 2 atom stereocenters. The Balaban J connectivity index is 1.76. The number of carbonyl (C=O) groups is 3. The van der Waals surface area contributed by atoms with Crippen molar-refractivity contribution in [3.8, 4) is 0 Å². The van der Waals surface area contributed by atoms with Crippen LogP contribution in [-0.2, 0) is 16.0 Å². The maximum Gasteiger partial charge on any atom is 0.335 e. The third-order valence-corrected chi connectivity index (χ3v) is 7.19. The summed E-state index contributed by atoms with van der Waals surface area (Å²) in [6, 6.07) is 4.99. The molecule has 26 heavy (non-hydrogen) atoms. The minimum Gasteiger partial charge on any atom is -0.480 e. The normalized spacial score (nSPS) is 17.6. The van der Waals surface area contributed by atoms with Gasteiger partial charge in [-0.1, -0.05) is 40.1 Å². The second kappa shape index (κ2) is 10.5. The fraction of sp³-hybridized carbons (Fsp3) is 0.500. The van der Waals surface area contributed by atoms with Crippen molar-refractivity contribution in [3.63, 3.8) is 0 Å². The number of hydrogen-bond acceptors (Lipinski definition) is 5. The first-order chi connectivity index (χ1) is 12.5. The number of carboxylic acid groups (broad SMARTS) is 2. The fourth-order valence-electron chi connectivity index (χ4n) is 2.71. The van der Waals surface area contributed by atoms with Gasteiger partial charge in [-0.2, -0.15) is 0 Å². The summed E-state index contributed by atoms with van der Waals surface area (Å²) >= 11 is 0. The van der Waals surface area contributed by atoms with Crippen LogP contribution >= 0.6 is 21.6 Å². The van der Waals surface area contributed by atoms with Gasteiger partial charge in [0.2, 0.25) is 5.91 Å². The van der Waals surface area contributed by atoms with E-state index in [1.54, 1.807) is 12.1 Å². The van der Waals surface area contributed by atoms with Gasteiger partial charge in [0.15, 0.2) is 0 Å². The number of amides is 1. The molecule has 1 aromatic carbocycles. The highest BCUT2D eigenvalue weighted by atomic mass is 33.1. The van der Waals surface area contributed by atoms with Crippen LogP contribution in [0.3, 0.4) is 0 Å². The quantitative estimate of drug-likeness (QED) is 0.411. The third-order valence-electron chi connectivity index (χ3n) is 4.18. The number of aliphatic carboxylic acids is 1. The molecule has 1 saturated heterocycles. The highest BCUT2D eigenvalue weighted by Gasteiger charge is 2.21. The molecule has 1 heterocycles. The van der Waals surface area contributed by atoms with E-state index in [2.05, 4.69) is 5.32 Å². The Hall–Kier alpha value is -1.67. The molecule has 0 saturated carbocycles. The standard InChI is InChI=1S/C18H23NO5S2/c20-16(4-2-1-3-14-9-10-25-26-14)19-15(18(23)24)11-12-5-7-13(8-6-12)17(21)22/h5-8,14-15H,1-4,9-11H2,(H,19,20)(H,21,22)(H,23,24)/t14-,15?/m1/s1. The summed E-state index contributed by atoms with van der Waals surface area (Å²) in [4.78, 5) is 34.3. The number of carboxylic acids is 2. The van der Waals surface area contributed by atoms with Crippen LogP contribution in [0, 0.1) is 0 Å². The van der Waals surface area contributed by atoms with Crippen LogP contribution < -0.4 is 5.32 Å². The lowest BCUT2D eigenvalue weighted by molar-refractivity contribution is -0.141. The Morgan fingerprint density at radius 3 is 2.46 bits per heavy atom. The number of hydrogen-bond donors (Lipinski definition) is 3. The minimum atomic E-state index is -1.10. The highest BCUT2D eigenvalue weighted by molar-refractivity contribution is 8.77. The molecule has 0 spiro atoms. The van der Waals surface area contributed by atoms with E-state index in [0.717, 1.165) is 19.3 Å². The molecular weight excluding hydrogens is 374 g/mol. The van der Waals surface area contributed by atoms with Gasteiger partial charge in [0.1, 0.15) is 6.04 Å². The summed E-state index contributed by atoms with van der Waals surface area (Å²) in [7, 11) is 3.82. The molecule has 0 aliphatic carbocycles. The number of nitrogens with one attached hydrogen (secondary N) is 1. The Labute approximate surface area is 160 Å². The summed E-state index contributed by atoms with van der Waals surface area (Å²) in [6.07, 6.45) is 4.50. The van der Waals surface area contributed by atoms with Gasteiger partial charge in [-0.05, 0) is 37.0 Å². The van der Waals surface area contributed by atoms with Crippen LogP contribution in [0.1, 0.15) is 48.0 Å². The monoisotopic (exact) mass is 397 g/mol. The number of benzene rings is 1. The Morgan fingerprint density at radius 2 is 1.88 bits per heavy atom. The van der Waals surface area contributed by atoms with E-state index in [9.17, 15) is 19.5 Å². The number of carbonyl (C=O) groups excluding carboxylic acids is 1. The van der Waals surface area contributed by atoms with Gasteiger partial charge in [-0.25, -0.2) is 9.59 Å². The first kappa shape index (κ1) is 20.6. The molecule has 1 aromatic rings. The van der Waals surface area contributed by atoms with E-state index >= 15 is 0 Å². The van der Waals surface area contributed by atoms with Crippen LogP contribution in [0.4, 0.5) is 0 Å². The number of rotatable bonds is 10. The van der Waals surface area contributed by atoms with Crippen LogP contribution in [0.15, 0.2) is 24.3 Å². The average Bonchev–Trinajstić information content (AvgIpc) is 3.12. The van der Waals surface area contributed by atoms with Crippen molar-refractivity contribution in [1.82, 2.24) is 5.32 Å². The highest BCUT2D eigenvalue weighted by Crippen LogP contribution is 2.39. The van der Waals surface area contributed by atoms with E-state index in [-0.39, 0.29) is 17.9 Å². The predicted octanol–water partition coefficient (Wildman–Crippen LogP) is 3.21. The van der Waals surface area contributed by atoms with Gasteiger partial charge in [0.05, 0.1) is 5.56 Å². The van der Waals surface area contributed by atoms with Gasteiger partial charge >= 0.3 is 11.9 Å². The molecule has 3 N–H and O–H groups in total. The Kier molecular flexibility index (Phi) is 8.31. The molecular formula is C18H23NO5S2. The predicted molar refractivity (Wildman–Crippen MR) is 104 cm³/mol. The maximum absolute atomic E-state index is 12.0. The smallest absolute Gasteiger partial charge is 0.335 e. The number of aromatic carboxylic acids is 1. The topological polar surface area (TPSA) is 104 Å². The molecule has 1 unspecified atom stereocenters. The van der Waals surface area contributed by atoms with E-state index < -0.39 is 18.0 Å². The van der Waals surface area contributed by atoms with Gasteiger partial charge < -0.3 is 15.5 Å². The first-order valence-electron chi connectivity index (χ1n) is 8.58. The molecule has 1 aliphatic rings. The van der Waals surface area contributed by atoms with Crippen LogP contribution in [0.5, 0.6) is 0 Å². The zero-order chi connectivity index (χ0) is 18.9. The zero-order valence-corrected chi connectivity index (χ0v) is 16.0. The van der Waals surface area contributed by atoms with Crippen molar-refractivity contribution >= 4 is 39.4 Å². The van der Waals surface area contributed by atoms with Crippen molar-refractivity contribution < 1.29 is 24.6 Å². The number of unbranched alkanes of at least 4 members (excludes halogenated alkanes) is 1. The summed E-state index contributed by atoms with van der Waals surface area (Å²) < 4.78 is 0. The summed E-state index contributed by atoms with van der Waals surface area (Å²) in [5, 5.41) is 21.5. The van der Waals surface area contributed by atoms with Gasteiger partial charge in [0.25, 0.3) is 0 Å². The molecule has 0 aromatic heterocycles. The maximum atomic E-state index is 12.0. The molecule has 0 bridgehead atoms. The summed E-state index contributed by atoms with van der Waals surface area (Å²) in [6.45, 7) is 0. The SMILES string of the molecule is O=C(CCCC[C@@H]1CCSS1)NC(Cc1ccc(C(=O)O)cc1)C(=O)O. The second-order valence-corrected chi connectivity index (χ2v) is 9.03. The molecule has 1 aliphatic heterocycles. The van der Waals surface area contributed by atoms with Crippen LogP contribution in [0.2, 0.25) is 0 Å². The largest absolute Gasteiger partial charge is 0.480 e. The second-order valence-electron chi connectivity index (χ2n) is 6.24. The van der Waals surface area contributed by atoms with E-state index in [0.29, 0.717) is 17.2 Å². The molecule has 1 fully saturated rings. The van der Waals surface area contributed by atoms with Crippen LogP contribution in [-0.4, -0.2) is 45.1 Å². The fourth-order valence-corrected chi connectivity index (χ4v) is 5.74. The Bertz CT molecular complexity index is 629. The van der Waals surface area contributed by atoms with Gasteiger partial charge in [-0.3, -0.25) is 4.79 Å². The lowest BCUT2D eigenvalue weighted by atomic mass is 10.0. The summed E-state index contributed by atoms with van der Waals surface area (Å²) in [5.74, 6) is -1.19. The lowest BCUT2D eigenvalue weighted by Crippen LogP contribution is -2.42. The molecule has 6 nitrogen and oxygen atoms in total. The zero-order valence-electron chi connectivity index (χ0n) is 14.3. The Morgan fingerprint density at radius 1 is 1.15 bits per heavy atom. The van der Waals surface area contributed by atoms with Gasteiger partial charge in [-0.15, -0.1) is 0 Å². The van der Waals surface area contributed by atoms with Crippen molar-refractivity contribution in [2.24, 2.45) is 0 Å². The van der Waals surface area contributed by atoms with Crippen molar-refractivity contribution in [2.75, 3.05) is 5.75 Å². The molecule has 8 heteroatoms. The lowest BCUT2D eigenvalue weighted by Gasteiger charge is -2.15. The average molecular weight is 398 g/mol. The third kappa shape index (κ3) is 6.92. The minimum absolute atomic E-state index is 0.122. The van der Waals surface area contributed by atoms with Crippen molar-refractivity contribution in [3.05, 3.63) is 35.4 Å². The molecule has 0 radical (unpaired) electrons. The first-order valence-corrected chi connectivity index (χ1v) is 11.0. The summed E-state index contributed by atoms with van der Waals surface area (Å²) in [5.41, 5.74) is 0.807. The van der Waals surface area contributed by atoms with Crippen molar-refractivity contribution in [1.29, 1.82) is 0 Å². The molecule has 1 amide bonds. The van der Waals surface area contributed by atoms with E-state index in [1.165, 1.54) is 24.3 Å². The van der Waals surface area contributed by atoms with E-state index in [1.807, 2.05) is 21.6 Å². The van der Waals surface area contributed by atoms with E-state index in [4.69, 9.17) is 5.11 Å².